The van der Waals surface area contributed by atoms with Crippen LogP contribution in [0, 0.1) is 0 Å². The number of hydrogen-bond acceptors (Lipinski definition) is 3. The van der Waals surface area contributed by atoms with Gasteiger partial charge in [-0.3, -0.25) is 4.79 Å². The summed E-state index contributed by atoms with van der Waals surface area (Å²) in [7, 11) is 0. The van der Waals surface area contributed by atoms with Crippen LogP contribution in [-0.4, -0.2) is 10.9 Å². The van der Waals surface area contributed by atoms with E-state index in [1.54, 1.807) is 6.20 Å². The quantitative estimate of drug-likeness (QED) is 0.863. The number of nitrogens with one attached hydrogen (secondary N) is 2. The Kier molecular flexibility index (Phi) is 4.50. The molecule has 0 atom stereocenters. The molecule has 0 saturated heterocycles. The second-order valence-electron chi connectivity index (χ2n) is 4.17. The molecule has 1 aromatic heterocycles. The summed E-state index contributed by atoms with van der Waals surface area (Å²) in [6, 6.07) is 13.8. The summed E-state index contributed by atoms with van der Waals surface area (Å²) < 4.78 is 0. The molecular formula is C15H17N3O. The van der Waals surface area contributed by atoms with Gasteiger partial charge in [0.05, 0.1) is 11.9 Å². The standard InChI is InChI=1S/C15H17N3O/c1-2-15(19)18-13-8-9-14(17-11-13)16-10-12-6-4-3-5-7-12/h3-9,11H,2,10H2,1H3,(H,16,17)(H,18,19). The highest BCUT2D eigenvalue weighted by Gasteiger charge is 2.00. The van der Waals surface area contributed by atoms with Gasteiger partial charge in [-0.05, 0) is 17.7 Å². The molecular weight excluding hydrogens is 238 g/mol. The molecule has 4 nitrogen and oxygen atoms in total. The van der Waals surface area contributed by atoms with Gasteiger partial charge in [-0.1, -0.05) is 37.3 Å². The Morgan fingerprint density at radius 1 is 1.16 bits per heavy atom. The minimum atomic E-state index is -0.00760. The van der Waals surface area contributed by atoms with Crippen molar-refractivity contribution in [2.45, 2.75) is 19.9 Å². The van der Waals surface area contributed by atoms with E-state index in [0.29, 0.717) is 6.42 Å². The van der Waals surface area contributed by atoms with E-state index in [1.165, 1.54) is 5.56 Å². The molecule has 0 fully saturated rings. The van der Waals surface area contributed by atoms with Crippen molar-refractivity contribution in [1.29, 1.82) is 0 Å². The highest BCUT2D eigenvalue weighted by Crippen LogP contribution is 2.11. The molecule has 1 heterocycles. The Labute approximate surface area is 112 Å². The van der Waals surface area contributed by atoms with Gasteiger partial charge in [0.2, 0.25) is 5.91 Å². The normalized spacial score (nSPS) is 9.95. The van der Waals surface area contributed by atoms with Gasteiger partial charge in [-0.25, -0.2) is 4.98 Å². The van der Waals surface area contributed by atoms with Gasteiger partial charge < -0.3 is 10.6 Å². The first kappa shape index (κ1) is 13.1. The van der Waals surface area contributed by atoms with Crippen LogP contribution >= 0.6 is 0 Å². The van der Waals surface area contributed by atoms with Gasteiger partial charge in [0.15, 0.2) is 0 Å². The van der Waals surface area contributed by atoms with Crippen molar-refractivity contribution in [3.8, 4) is 0 Å². The maximum atomic E-state index is 11.2. The van der Waals surface area contributed by atoms with Crippen LogP contribution in [0.2, 0.25) is 0 Å². The summed E-state index contributed by atoms with van der Waals surface area (Å²) in [5.41, 5.74) is 1.92. The molecule has 1 amide bonds. The molecule has 0 saturated carbocycles. The van der Waals surface area contributed by atoms with Crippen molar-refractivity contribution in [3.63, 3.8) is 0 Å². The lowest BCUT2D eigenvalue weighted by Crippen LogP contribution is -2.09. The molecule has 0 aliphatic carbocycles. The number of anilines is 2. The summed E-state index contributed by atoms with van der Waals surface area (Å²) in [6.45, 7) is 2.55. The first-order chi connectivity index (χ1) is 9.28. The lowest BCUT2D eigenvalue weighted by atomic mass is 10.2. The third-order valence-corrected chi connectivity index (χ3v) is 2.68. The maximum Gasteiger partial charge on any atom is 0.224 e. The molecule has 0 unspecified atom stereocenters. The summed E-state index contributed by atoms with van der Waals surface area (Å²) in [4.78, 5) is 15.5. The van der Waals surface area contributed by atoms with Crippen LogP contribution in [0.1, 0.15) is 18.9 Å². The van der Waals surface area contributed by atoms with E-state index in [2.05, 4.69) is 27.8 Å². The topological polar surface area (TPSA) is 54.0 Å². The van der Waals surface area contributed by atoms with Gasteiger partial charge in [0.25, 0.3) is 0 Å². The molecule has 0 radical (unpaired) electrons. The van der Waals surface area contributed by atoms with Crippen LogP contribution in [0.3, 0.4) is 0 Å². The highest BCUT2D eigenvalue weighted by molar-refractivity contribution is 5.90. The first-order valence-electron chi connectivity index (χ1n) is 6.31. The fourth-order valence-electron chi connectivity index (χ4n) is 1.61. The van der Waals surface area contributed by atoms with E-state index in [1.807, 2.05) is 37.3 Å². The summed E-state index contributed by atoms with van der Waals surface area (Å²) in [6.07, 6.45) is 2.12. The molecule has 0 aliphatic rings. The SMILES string of the molecule is CCC(=O)Nc1ccc(NCc2ccccc2)nc1. The Hall–Kier alpha value is -2.36. The lowest BCUT2D eigenvalue weighted by Gasteiger charge is -2.07. The van der Waals surface area contributed by atoms with Crippen LogP contribution in [-0.2, 0) is 11.3 Å². The van der Waals surface area contributed by atoms with Crippen molar-refractivity contribution in [1.82, 2.24) is 4.98 Å². The number of aromatic nitrogens is 1. The Bertz CT molecular complexity index is 523. The molecule has 0 bridgehead atoms. The summed E-state index contributed by atoms with van der Waals surface area (Å²) in [5.74, 6) is 0.783. The zero-order valence-corrected chi connectivity index (χ0v) is 10.9. The summed E-state index contributed by atoms with van der Waals surface area (Å²) >= 11 is 0. The van der Waals surface area contributed by atoms with Crippen molar-refractivity contribution in [2.75, 3.05) is 10.6 Å². The Morgan fingerprint density at radius 2 is 1.95 bits per heavy atom. The minimum Gasteiger partial charge on any atom is -0.366 e. The van der Waals surface area contributed by atoms with Gasteiger partial charge in [-0.15, -0.1) is 0 Å². The van der Waals surface area contributed by atoms with E-state index < -0.39 is 0 Å². The van der Waals surface area contributed by atoms with Crippen LogP contribution in [0.25, 0.3) is 0 Å². The molecule has 2 aromatic rings. The van der Waals surface area contributed by atoms with Gasteiger partial charge >= 0.3 is 0 Å². The third kappa shape index (κ3) is 4.10. The predicted molar refractivity (Wildman–Crippen MR) is 76.9 cm³/mol. The number of nitrogens with zero attached hydrogens (tertiary/aromatic N) is 1. The fraction of sp³-hybridized carbons (Fsp3) is 0.200. The van der Waals surface area contributed by atoms with Crippen molar-refractivity contribution in [2.24, 2.45) is 0 Å². The lowest BCUT2D eigenvalue weighted by molar-refractivity contribution is -0.115. The van der Waals surface area contributed by atoms with Gasteiger partial charge in [-0.2, -0.15) is 0 Å². The minimum absolute atomic E-state index is 0.00760. The first-order valence-corrected chi connectivity index (χ1v) is 6.31. The smallest absolute Gasteiger partial charge is 0.224 e. The second-order valence-corrected chi connectivity index (χ2v) is 4.17. The predicted octanol–water partition coefficient (Wildman–Crippen LogP) is 3.04. The number of pyridine rings is 1. The second kappa shape index (κ2) is 6.54. The van der Waals surface area contributed by atoms with Crippen LogP contribution in [0.15, 0.2) is 48.7 Å². The van der Waals surface area contributed by atoms with E-state index in [9.17, 15) is 4.79 Å². The van der Waals surface area contributed by atoms with Gasteiger partial charge in [0, 0.05) is 13.0 Å². The molecule has 0 aliphatic heterocycles. The molecule has 19 heavy (non-hydrogen) atoms. The van der Waals surface area contributed by atoms with Crippen molar-refractivity contribution >= 4 is 17.4 Å². The molecule has 98 valence electrons. The molecule has 2 N–H and O–H groups in total. The number of hydrogen-bond donors (Lipinski definition) is 2. The largest absolute Gasteiger partial charge is 0.366 e. The van der Waals surface area contributed by atoms with E-state index >= 15 is 0 Å². The van der Waals surface area contributed by atoms with E-state index in [4.69, 9.17) is 0 Å². The Morgan fingerprint density at radius 3 is 2.58 bits per heavy atom. The molecule has 4 heteroatoms. The molecule has 0 spiro atoms. The van der Waals surface area contributed by atoms with E-state index in [-0.39, 0.29) is 5.91 Å². The van der Waals surface area contributed by atoms with Crippen LogP contribution < -0.4 is 10.6 Å². The van der Waals surface area contributed by atoms with Crippen LogP contribution in [0.4, 0.5) is 11.5 Å². The number of rotatable bonds is 5. The van der Waals surface area contributed by atoms with Gasteiger partial charge in [0.1, 0.15) is 5.82 Å². The monoisotopic (exact) mass is 255 g/mol. The average Bonchev–Trinajstić information content (AvgIpc) is 2.47. The van der Waals surface area contributed by atoms with Crippen molar-refractivity contribution in [3.05, 3.63) is 54.2 Å². The zero-order valence-electron chi connectivity index (χ0n) is 10.9. The number of carbonyl (C=O) groups is 1. The third-order valence-electron chi connectivity index (χ3n) is 2.68. The Balaban J connectivity index is 1.90. The number of carbonyl (C=O) groups excluding carboxylic acids is 1. The maximum absolute atomic E-state index is 11.2. The fourth-order valence-corrected chi connectivity index (χ4v) is 1.61. The van der Waals surface area contributed by atoms with E-state index in [0.717, 1.165) is 18.1 Å². The highest BCUT2D eigenvalue weighted by atomic mass is 16.1. The molecule has 2 rings (SSSR count). The molecule has 1 aromatic carbocycles. The average molecular weight is 255 g/mol. The number of amides is 1. The zero-order chi connectivity index (χ0) is 13.5. The van der Waals surface area contributed by atoms with Crippen molar-refractivity contribution < 1.29 is 4.79 Å². The number of benzene rings is 1. The summed E-state index contributed by atoms with van der Waals surface area (Å²) in [5, 5.41) is 6.00. The van der Waals surface area contributed by atoms with Crippen LogP contribution in [0.5, 0.6) is 0 Å².